The molecule has 3 aromatic rings. The zero-order valence-electron chi connectivity index (χ0n) is 14.5. The first-order chi connectivity index (χ1) is 12.5. The third kappa shape index (κ3) is 3.54. The summed E-state index contributed by atoms with van der Waals surface area (Å²) in [5, 5.41) is 13.8. The van der Waals surface area contributed by atoms with Gasteiger partial charge in [0.25, 0.3) is 0 Å². The maximum absolute atomic E-state index is 11.8. The van der Waals surface area contributed by atoms with E-state index in [1.807, 2.05) is 0 Å². The molecule has 0 aliphatic rings. The molecule has 6 heteroatoms. The number of fused-ring (bicyclic) bond motifs is 1. The number of carbonyl (C=O) groups is 1. The fraction of sp³-hybridized carbons (Fsp3) is 0.200. The van der Waals surface area contributed by atoms with Crippen molar-refractivity contribution in [2.45, 2.75) is 20.4 Å². The van der Waals surface area contributed by atoms with Crippen molar-refractivity contribution in [2.24, 2.45) is 0 Å². The molecule has 0 saturated carbocycles. The van der Waals surface area contributed by atoms with Gasteiger partial charge in [0.15, 0.2) is 0 Å². The van der Waals surface area contributed by atoms with Crippen molar-refractivity contribution >= 4 is 22.6 Å². The summed E-state index contributed by atoms with van der Waals surface area (Å²) in [6.07, 6.45) is 0. The number of hydrogen-bond donors (Lipinski definition) is 2. The Labute approximate surface area is 150 Å². The van der Waals surface area contributed by atoms with Crippen molar-refractivity contribution in [2.75, 3.05) is 11.9 Å². The lowest BCUT2D eigenvalue weighted by molar-refractivity contribution is 0.0526. The highest BCUT2D eigenvalue weighted by Crippen LogP contribution is 2.27. The number of carbonyl (C=O) groups excluding carboxylic acids is 1. The number of anilines is 1. The number of aromatic hydroxyl groups is 1. The Morgan fingerprint density at radius 1 is 1.19 bits per heavy atom. The van der Waals surface area contributed by atoms with Gasteiger partial charge in [-0.25, -0.2) is 9.59 Å². The molecule has 0 saturated heterocycles. The minimum atomic E-state index is -0.472. The molecular formula is C20H19NO5. The molecule has 2 aromatic carbocycles. The topological polar surface area (TPSA) is 88.8 Å². The molecule has 134 valence electrons. The maximum Gasteiger partial charge on any atom is 0.338 e. The quantitative estimate of drug-likeness (QED) is 0.538. The van der Waals surface area contributed by atoms with Crippen LogP contribution in [0.25, 0.3) is 11.0 Å². The molecule has 2 N–H and O–H groups in total. The number of esters is 1. The number of ether oxygens (including phenoxy) is 1. The van der Waals surface area contributed by atoms with Gasteiger partial charge in [-0.3, -0.25) is 0 Å². The molecule has 0 unspecified atom stereocenters. The van der Waals surface area contributed by atoms with E-state index < -0.39 is 5.63 Å². The zero-order chi connectivity index (χ0) is 18.7. The van der Waals surface area contributed by atoms with Crippen LogP contribution in [-0.2, 0) is 11.3 Å². The predicted molar refractivity (Wildman–Crippen MR) is 98.6 cm³/mol. The van der Waals surface area contributed by atoms with Crippen molar-refractivity contribution in [3.63, 3.8) is 0 Å². The standard InChI is InChI=1S/C20H19NO5/c1-3-25-20(24)13-4-6-15(7-5-13)21-11-14-10-18(23)26-19-12(2)17(22)9-8-16(14)19/h4-10,21-22H,3,11H2,1-2H3. The van der Waals surface area contributed by atoms with E-state index in [0.29, 0.717) is 29.9 Å². The first kappa shape index (κ1) is 17.5. The van der Waals surface area contributed by atoms with Crippen LogP contribution < -0.4 is 10.9 Å². The van der Waals surface area contributed by atoms with Crippen LogP contribution in [0.1, 0.15) is 28.4 Å². The smallest absolute Gasteiger partial charge is 0.338 e. The normalized spacial score (nSPS) is 10.7. The third-order valence-electron chi connectivity index (χ3n) is 4.10. The highest BCUT2D eigenvalue weighted by Gasteiger charge is 2.11. The average molecular weight is 353 g/mol. The van der Waals surface area contributed by atoms with Crippen LogP contribution in [0.4, 0.5) is 5.69 Å². The molecule has 6 nitrogen and oxygen atoms in total. The lowest BCUT2D eigenvalue weighted by Gasteiger charge is -2.11. The maximum atomic E-state index is 11.8. The van der Waals surface area contributed by atoms with Gasteiger partial charge in [-0.1, -0.05) is 0 Å². The van der Waals surface area contributed by atoms with Crippen LogP contribution in [0, 0.1) is 6.92 Å². The van der Waals surface area contributed by atoms with E-state index in [1.165, 1.54) is 6.07 Å². The van der Waals surface area contributed by atoms with Crippen molar-refractivity contribution in [3.8, 4) is 5.75 Å². The Morgan fingerprint density at radius 3 is 2.62 bits per heavy atom. The van der Waals surface area contributed by atoms with Crippen molar-refractivity contribution < 1.29 is 19.1 Å². The summed E-state index contributed by atoms with van der Waals surface area (Å²) < 4.78 is 10.2. The summed E-state index contributed by atoms with van der Waals surface area (Å²) in [5.74, 6) is -0.277. The molecule has 0 aliphatic heterocycles. The summed E-state index contributed by atoms with van der Waals surface area (Å²) in [6, 6.07) is 11.6. The molecule has 0 fully saturated rings. The predicted octanol–water partition coefficient (Wildman–Crippen LogP) is 3.60. The van der Waals surface area contributed by atoms with E-state index in [9.17, 15) is 14.7 Å². The van der Waals surface area contributed by atoms with Crippen LogP contribution in [0.5, 0.6) is 5.75 Å². The summed E-state index contributed by atoms with van der Waals surface area (Å²) in [5.41, 5.74) is 2.48. The summed E-state index contributed by atoms with van der Waals surface area (Å²) in [7, 11) is 0. The Morgan fingerprint density at radius 2 is 1.92 bits per heavy atom. The van der Waals surface area contributed by atoms with Gasteiger partial charge in [-0.05, 0) is 55.8 Å². The van der Waals surface area contributed by atoms with E-state index in [2.05, 4.69) is 5.32 Å². The van der Waals surface area contributed by atoms with Gasteiger partial charge in [0.1, 0.15) is 11.3 Å². The fourth-order valence-corrected chi connectivity index (χ4v) is 2.70. The molecule has 1 aromatic heterocycles. The SMILES string of the molecule is CCOC(=O)c1ccc(NCc2cc(=O)oc3c(C)c(O)ccc23)cc1. The third-order valence-corrected chi connectivity index (χ3v) is 4.10. The Balaban J connectivity index is 1.83. The van der Waals surface area contributed by atoms with Gasteiger partial charge in [-0.15, -0.1) is 0 Å². The van der Waals surface area contributed by atoms with Crippen molar-refractivity contribution in [1.82, 2.24) is 0 Å². The second kappa shape index (κ2) is 7.31. The Kier molecular flexibility index (Phi) is 4.93. The molecule has 0 atom stereocenters. The van der Waals surface area contributed by atoms with E-state index in [0.717, 1.165) is 16.6 Å². The lowest BCUT2D eigenvalue weighted by atomic mass is 10.1. The number of nitrogens with one attached hydrogen (secondary N) is 1. The largest absolute Gasteiger partial charge is 0.508 e. The van der Waals surface area contributed by atoms with Gasteiger partial charge in [0, 0.05) is 29.2 Å². The molecule has 0 radical (unpaired) electrons. The molecule has 3 rings (SSSR count). The van der Waals surface area contributed by atoms with Crippen LogP contribution in [0.3, 0.4) is 0 Å². The average Bonchev–Trinajstić information content (AvgIpc) is 2.64. The van der Waals surface area contributed by atoms with Crippen LogP contribution in [-0.4, -0.2) is 17.7 Å². The minimum Gasteiger partial charge on any atom is -0.508 e. The minimum absolute atomic E-state index is 0.0836. The van der Waals surface area contributed by atoms with E-state index in [1.54, 1.807) is 50.2 Å². The van der Waals surface area contributed by atoms with Gasteiger partial charge in [0.2, 0.25) is 0 Å². The van der Waals surface area contributed by atoms with Gasteiger partial charge < -0.3 is 19.6 Å². The highest BCUT2D eigenvalue weighted by molar-refractivity contribution is 5.89. The summed E-state index contributed by atoms with van der Waals surface area (Å²) >= 11 is 0. The van der Waals surface area contributed by atoms with Gasteiger partial charge in [-0.2, -0.15) is 0 Å². The fourth-order valence-electron chi connectivity index (χ4n) is 2.70. The number of hydrogen-bond acceptors (Lipinski definition) is 6. The van der Waals surface area contributed by atoms with Gasteiger partial charge >= 0.3 is 11.6 Å². The first-order valence-corrected chi connectivity index (χ1v) is 8.26. The number of aryl methyl sites for hydroxylation is 1. The van der Waals surface area contributed by atoms with E-state index >= 15 is 0 Å². The molecular weight excluding hydrogens is 334 g/mol. The molecule has 1 heterocycles. The monoisotopic (exact) mass is 353 g/mol. The van der Waals surface area contributed by atoms with Crippen molar-refractivity contribution in [3.05, 3.63) is 69.6 Å². The summed E-state index contributed by atoms with van der Waals surface area (Å²) in [6.45, 7) is 4.19. The van der Waals surface area contributed by atoms with Crippen molar-refractivity contribution in [1.29, 1.82) is 0 Å². The zero-order valence-corrected chi connectivity index (χ0v) is 14.5. The second-order valence-electron chi connectivity index (χ2n) is 5.83. The number of rotatable bonds is 5. The lowest BCUT2D eigenvalue weighted by Crippen LogP contribution is -2.07. The number of phenols is 1. The molecule has 0 spiro atoms. The van der Waals surface area contributed by atoms with E-state index in [4.69, 9.17) is 9.15 Å². The van der Waals surface area contributed by atoms with Crippen LogP contribution in [0.2, 0.25) is 0 Å². The number of benzene rings is 2. The van der Waals surface area contributed by atoms with Crippen LogP contribution >= 0.6 is 0 Å². The molecule has 26 heavy (non-hydrogen) atoms. The second-order valence-corrected chi connectivity index (χ2v) is 5.83. The first-order valence-electron chi connectivity index (χ1n) is 8.26. The number of phenolic OH excluding ortho intramolecular Hbond substituents is 1. The molecule has 0 aliphatic carbocycles. The van der Waals surface area contributed by atoms with Crippen LogP contribution in [0.15, 0.2) is 51.7 Å². The van der Waals surface area contributed by atoms with Gasteiger partial charge in [0.05, 0.1) is 12.2 Å². The highest BCUT2D eigenvalue weighted by atomic mass is 16.5. The van der Waals surface area contributed by atoms with E-state index in [-0.39, 0.29) is 11.7 Å². The molecule has 0 amide bonds. The summed E-state index contributed by atoms with van der Waals surface area (Å²) in [4.78, 5) is 23.5. The molecule has 0 bridgehead atoms. The Hall–Kier alpha value is -3.28. The Bertz CT molecular complexity index is 1010.